The molecule has 2 aliphatic rings. The number of carbonyl (C=O) groups is 2. The molecule has 3 heterocycles. The van der Waals surface area contributed by atoms with E-state index in [2.05, 4.69) is 5.32 Å². The fraction of sp³-hybridized carbons (Fsp3) is 0.208. The van der Waals surface area contributed by atoms with E-state index >= 15 is 0 Å². The number of benzene rings is 2. The van der Waals surface area contributed by atoms with Crippen molar-refractivity contribution in [3.8, 4) is 5.75 Å². The first-order valence-corrected chi connectivity index (χ1v) is 10.8. The van der Waals surface area contributed by atoms with Gasteiger partial charge in [-0.05, 0) is 12.5 Å². The Labute approximate surface area is 196 Å². The van der Waals surface area contributed by atoms with E-state index in [9.17, 15) is 32.7 Å². The van der Waals surface area contributed by atoms with Crippen molar-refractivity contribution in [2.45, 2.75) is 26.2 Å². The Morgan fingerprint density at radius 1 is 1.14 bits per heavy atom. The quantitative estimate of drug-likeness (QED) is 0.594. The van der Waals surface area contributed by atoms with Crippen LogP contribution in [-0.2, 0) is 13.1 Å². The van der Waals surface area contributed by atoms with Crippen molar-refractivity contribution >= 4 is 11.8 Å². The lowest BCUT2D eigenvalue weighted by atomic mass is 10.1. The summed E-state index contributed by atoms with van der Waals surface area (Å²) < 4.78 is 42.3. The van der Waals surface area contributed by atoms with Crippen molar-refractivity contribution < 1.29 is 27.9 Å². The molecule has 2 aromatic carbocycles. The molecule has 3 aromatic rings. The number of rotatable bonds is 4. The van der Waals surface area contributed by atoms with Crippen molar-refractivity contribution in [3.05, 3.63) is 98.2 Å². The van der Waals surface area contributed by atoms with Crippen LogP contribution in [0, 0.1) is 17.5 Å². The van der Waals surface area contributed by atoms with Crippen LogP contribution < -0.4 is 15.8 Å². The average Bonchev–Trinajstić information content (AvgIpc) is 3.20. The second-order valence-corrected chi connectivity index (χ2v) is 8.21. The maximum Gasteiger partial charge on any atom is 0.278 e. The Balaban J connectivity index is 1.54. The molecule has 2 amide bonds. The van der Waals surface area contributed by atoms with Crippen molar-refractivity contribution in [2.75, 3.05) is 11.6 Å². The lowest BCUT2D eigenvalue weighted by Crippen LogP contribution is -2.53. The molecular formula is C24H19F3N4O4. The van der Waals surface area contributed by atoms with Crippen LogP contribution in [0.15, 0.2) is 47.4 Å². The second-order valence-electron chi connectivity index (χ2n) is 8.21. The maximum atomic E-state index is 13.9. The van der Waals surface area contributed by atoms with E-state index in [-0.39, 0.29) is 5.69 Å². The van der Waals surface area contributed by atoms with E-state index in [4.69, 9.17) is 0 Å². The minimum atomic E-state index is -1.20. The van der Waals surface area contributed by atoms with Crippen molar-refractivity contribution in [1.82, 2.24) is 14.9 Å². The van der Waals surface area contributed by atoms with E-state index in [1.807, 2.05) is 24.3 Å². The second kappa shape index (κ2) is 8.19. The Hall–Kier alpha value is -4.28. The smallest absolute Gasteiger partial charge is 0.278 e. The summed E-state index contributed by atoms with van der Waals surface area (Å²) in [6, 6.07) is 8.41. The van der Waals surface area contributed by atoms with Gasteiger partial charge in [0, 0.05) is 42.5 Å². The highest BCUT2D eigenvalue weighted by atomic mass is 19.1. The molecule has 0 unspecified atom stereocenters. The van der Waals surface area contributed by atoms with E-state index < -0.39 is 64.3 Å². The molecule has 0 fully saturated rings. The minimum absolute atomic E-state index is 0.284. The van der Waals surface area contributed by atoms with Crippen LogP contribution in [0.4, 0.5) is 13.2 Å². The minimum Gasteiger partial charge on any atom is -0.502 e. The molecule has 5 rings (SSSR count). The number of nitrogens with one attached hydrogen (secondary N) is 1. The molecule has 1 aromatic heterocycles. The van der Waals surface area contributed by atoms with Crippen LogP contribution >= 0.6 is 0 Å². The number of aromatic hydroxyl groups is 1. The summed E-state index contributed by atoms with van der Waals surface area (Å²) in [5.74, 6) is -6.02. The lowest BCUT2D eigenvalue weighted by molar-refractivity contribution is 0.0590. The van der Waals surface area contributed by atoms with Crippen molar-refractivity contribution in [3.63, 3.8) is 0 Å². The molecule has 0 saturated heterocycles. The van der Waals surface area contributed by atoms with Gasteiger partial charge in [0.05, 0.1) is 6.54 Å². The van der Waals surface area contributed by atoms with E-state index in [0.29, 0.717) is 25.2 Å². The summed E-state index contributed by atoms with van der Waals surface area (Å²) in [7, 11) is 0. The third-order valence-electron chi connectivity index (χ3n) is 6.26. The first kappa shape index (κ1) is 22.5. The molecule has 11 heteroatoms. The third kappa shape index (κ3) is 3.42. The summed E-state index contributed by atoms with van der Waals surface area (Å²) in [5, 5.41) is 14.6. The number of pyridine rings is 1. The average molecular weight is 484 g/mol. The van der Waals surface area contributed by atoms with Crippen LogP contribution in [0.1, 0.15) is 50.6 Å². The van der Waals surface area contributed by atoms with Crippen LogP contribution in [0.2, 0.25) is 0 Å². The SMILES string of the molecule is CCN1C(=O)c2c(O)c(=O)c(C(=O)NCc3c(F)cc(F)cc3F)cn2N2Cc3ccccc3[C@@H]12. The Kier molecular flexibility index (Phi) is 5.27. The largest absolute Gasteiger partial charge is 0.502 e. The van der Waals surface area contributed by atoms with Gasteiger partial charge in [-0.1, -0.05) is 24.3 Å². The van der Waals surface area contributed by atoms with E-state index in [0.717, 1.165) is 17.3 Å². The zero-order valence-corrected chi connectivity index (χ0v) is 18.4. The Bertz CT molecular complexity index is 1430. The molecule has 180 valence electrons. The number of hydrogen-bond donors (Lipinski definition) is 2. The fourth-order valence-corrected chi connectivity index (χ4v) is 4.60. The molecule has 35 heavy (non-hydrogen) atoms. The summed E-state index contributed by atoms with van der Waals surface area (Å²) in [5.41, 5.74) is -0.697. The molecule has 8 nitrogen and oxygen atoms in total. The van der Waals surface area contributed by atoms with Crippen LogP contribution in [0.25, 0.3) is 0 Å². The van der Waals surface area contributed by atoms with Crippen LogP contribution in [0.3, 0.4) is 0 Å². The van der Waals surface area contributed by atoms with Gasteiger partial charge in [0.25, 0.3) is 11.8 Å². The summed E-state index contributed by atoms with van der Waals surface area (Å²) >= 11 is 0. The predicted octanol–water partition coefficient (Wildman–Crippen LogP) is 2.53. The highest BCUT2D eigenvalue weighted by molar-refractivity contribution is 5.99. The highest BCUT2D eigenvalue weighted by Gasteiger charge is 2.44. The summed E-state index contributed by atoms with van der Waals surface area (Å²) in [6.07, 6.45) is 0.616. The van der Waals surface area contributed by atoms with Gasteiger partial charge in [0.2, 0.25) is 5.43 Å². The molecule has 0 saturated carbocycles. The number of fused-ring (bicyclic) bond motifs is 5. The van der Waals surface area contributed by atoms with Gasteiger partial charge in [0.15, 0.2) is 11.4 Å². The molecule has 0 spiro atoms. The molecule has 2 aliphatic heterocycles. The van der Waals surface area contributed by atoms with Crippen LogP contribution in [-0.4, -0.2) is 33.0 Å². The number of hydrogen-bond acceptors (Lipinski definition) is 5. The topological polar surface area (TPSA) is 94.9 Å². The lowest BCUT2D eigenvalue weighted by Gasteiger charge is -2.43. The van der Waals surface area contributed by atoms with Gasteiger partial charge >= 0.3 is 0 Å². The normalized spacial score (nSPS) is 16.1. The molecule has 0 bridgehead atoms. The molecule has 2 N–H and O–H groups in total. The molecule has 0 radical (unpaired) electrons. The fourth-order valence-electron chi connectivity index (χ4n) is 4.60. The number of aromatic nitrogens is 1. The van der Waals surface area contributed by atoms with Gasteiger partial charge < -0.3 is 15.3 Å². The summed E-state index contributed by atoms with van der Waals surface area (Å²) in [4.78, 5) is 40.4. The van der Waals surface area contributed by atoms with Gasteiger partial charge in [-0.3, -0.25) is 24.1 Å². The molecule has 0 aliphatic carbocycles. The van der Waals surface area contributed by atoms with Gasteiger partial charge in [-0.2, -0.15) is 0 Å². The van der Waals surface area contributed by atoms with Gasteiger partial charge in [-0.15, -0.1) is 0 Å². The van der Waals surface area contributed by atoms with E-state index in [1.54, 1.807) is 11.9 Å². The number of amides is 2. The number of carbonyl (C=O) groups excluding carboxylic acids is 2. The maximum absolute atomic E-state index is 13.9. The zero-order valence-electron chi connectivity index (χ0n) is 18.4. The van der Waals surface area contributed by atoms with Gasteiger partial charge in [0.1, 0.15) is 29.2 Å². The Morgan fingerprint density at radius 3 is 2.51 bits per heavy atom. The first-order valence-electron chi connectivity index (χ1n) is 10.8. The van der Waals surface area contributed by atoms with Crippen molar-refractivity contribution in [2.24, 2.45) is 0 Å². The van der Waals surface area contributed by atoms with E-state index in [1.165, 1.54) is 9.58 Å². The Morgan fingerprint density at radius 2 is 1.83 bits per heavy atom. The predicted molar refractivity (Wildman–Crippen MR) is 118 cm³/mol. The first-order chi connectivity index (χ1) is 16.7. The highest BCUT2D eigenvalue weighted by Crippen LogP contribution is 2.40. The standard InChI is InChI=1S/C24H19F3N4O4/c1-2-29-23-14-6-4-3-5-12(14)10-31(23)30-11-16(20(32)21(33)19(30)24(29)35)22(34)28-9-15-17(26)7-13(25)8-18(15)27/h3-8,11,23,33H,2,9-10H2,1H3,(H,28,34)/t23-/m0/s1. The van der Waals surface area contributed by atoms with Crippen molar-refractivity contribution in [1.29, 1.82) is 0 Å². The van der Waals surface area contributed by atoms with Gasteiger partial charge in [-0.25, -0.2) is 13.2 Å². The van der Waals surface area contributed by atoms with Crippen LogP contribution in [0.5, 0.6) is 5.75 Å². The number of halogens is 3. The zero-order chi connectivity index (χ0) is 25.0. The molecule has 1 atom stereocenters. The third-order valence-corrected chi connectivity index (χ3v) is 6.26. The molecular weight excluding hydrogens is 465 g/mol. The summed E-state index contributed by atoms with van der Waals surface area (Å²) in [6.45, 7) is 1.75. The monoisotopic (exact) mass is 484 g/mol. The number of nitrogens with zero attached hydrogens (tertiary/aromatic N) is 3.